The van der Waals surface area contributed by atoms with E-state index in [-0.39, 0.29) is 11.7 Å². The molecule has 7 nitrogen and oxygen atoms in total. The minimum atomic E-state index is -0.0711. The fourth-order valence-electron chi connectivity index (χ4n) is 3.80. The van der Waals surface area contributed by atoms with Crippen LogP contribution in [0.5, 0.6) is 5.75 Å². The van der Waals surface area contributed by atoms with Crippen LogP contribution >= 0.6 is 11.8 Å². The molecule has 5 rings (SSSR count). The molecule has 2 heterocycles. The number of thioether (sulfide) groups is 1. The summed E-state index contributed by atoms with van der Waals surface area (Å²) in [5, 5.41) is 9.36. The van der Waals surface area contributed by atoms with Gasteiger partial charge in [-0.2, -0.15) is 0 Å². The first-order valence-electron chi connectivity index (χ1n) is 11.5. The summed E-state index contributed by atoms with van der Waals surface area (Å²) in [5.74, 6) is 2.02. The number of ether oxygens (including phenoxy) is 1. The van der Waals surface area contributed by atoms with Crippen LogP contribution in [0, 0.1) is 0 Å². The van der Waals surface area contributed by atoms with Crippen molar-refractivity contribution in [2.45, 2.75) is 12.1 Å². The monoisotopic (exact) mass is 496 g/mol. The van der Waals surface area contributed by atoms with E-state index >= 15 is 0 Å². The lowest BCUT2D eigenvalue weighted by molar-refractivity contribution is -0.115. The van der Waals surface area contributed by atoms with E-state index in [4.69, 9.17) is 9.15 Å². The van der Waals surface area contributed by atoms with E-state index < -0.39 is 0 Å². The van der Waals surface area contributed by atoms with Gasteiger partial charge in [0.15, 0.2) is 10.9 Å². The molecular formula is C28H24N4O3S. The van der Waals surface area contributed by atoms with Gasteiger partial charge in [-0.25, -0.2) is 0 Å². The molecule has 8 heteroatoms. The van der Waals surface area contributed by atoms with E-state index in [9.17, 15) is 4.79 Å². The second kappa shape index (κ2) is 11.0. The highest BCUT2D eigenvalue weighted by Gasteiger charge is 2.22. The van der Waals surface area contributed by atoms with E-state index in [2.05, 4.69) is 10.2 Å². The van der Waals surface area contributed by atoms with E-state index in [1.54, 1.807) is 17.2 Å². The van der Waals surface area contributed by atoms with Crippen LogP contribution in [0.25, 0.3) is 17.3 Å². The van der Waals surface area contributed by atoms with Crippen LogP contribution < -0.4 is 9.64 Å². The highest BCUT2D eigenvalue weighted by atomic mass is 32.2. The van der Waals surface area contributed by atoms with E-state index in [1.165, 1.54) is 11.8 Å². The Balaban J connectivity index is 1.45. The minimum absolute atomic E-state index is 0.0711. The molecule has 180 valence electrons. The van der Waals surface area contributed by atoms with E-state index in [1.807, 2.05) is 102 Å². The summed E-state index contributed by atoms with van der Waals surface area (Å²) in [6, 6.07) is 30.6. The van der Waals surface area contributed by atoms with E-state index in [0.29, 0.717) is 23.3 Å². The third-order valence-corrected chi connectivity index (χ3v) is 6.30. The first-order valence-corrected chi connectivity index (χ1v) is 12.5. The molecule has 0 aliphatic rings. The maximum absolute atomic E-state index is 13.5. The van der Waals surface area contributed by atoms with Gasteiger partial charge in [0.25, 0.3) is 0 Å². The third kappa shape index (κ3) is 5.04. The number of nitrogens with zero attached hydrogens (tertiary/aromatic N) is 4. The van der Waals surface area contributed by atoms with Crippen molar-refractivity contribution in [2.24, 2.45) is 0 Å². The van der Waals surface area contributed by atoms with Crippen molar-refractivity contribution in [1.82, 2.24) is 14.8 Å². The summed E-state index contributed by atoms with van der Waals surface area (Å²) in [7, 11) is 0. The first kappa shape index (κ1) is 23.4. The molecule has 2 aromatic heterocycles. The molecule has 0 saturated heterocycles. The van der Waals surface area contributed by atoms with Crippen molar-refractivity contribution in [3.8, 4) is 23.0 Å². The van der Waals surface area contributed by atoms with Gasteiger partial charge in [0.05, 0.1) is 24.3 Å². The minimum Gasteiger partial charge on any atom is -0.494 e. The summed E-state index contributed by atoms with van der Waals surface area (Å²) in [4.78, 5) is 15.3. The lowest BCUT2D eigenvalue weighted by Gasteiger charge is -2.23. The number of aromatic nitrogens is 3. The van der Waals surface area contributed by atoms with Crippen LogP contribution in [0.2, 0.25) is 0 Å². The Hall–Kier alpha value is -4.30. The number of hydrogen-bond donors (Lipinski definition) is 0. The Bertz CT molecular complexity index is 1360. The van der Waals surface area contributed by atoms with Crippen LogP contribution in [0.3, 0.4) is 0 Å². The zero-order valence-corrected chi connectivity index (χ0v) is 20.5. The smallest absolute Gasteiger partial charge is 0.242 e. The lowest BCUT2D eigenvalue weighted by Crippen LogP contribution is -2.27. The Morgan fingerprint density at radius 1 is 0.889 bits per heavy atom. The van der Waals surface area contributed by atoms with Crippen LogP contribution in [0.1, 0.15) is 6.92 Å². The van der Waals surface area contributed by atoms with Crippen molar-refractivity contribution in [1.29, 1.82) is 0 Å². The molecule has 0 N–H and O–H groups in total. The Labute approximate surface area is 213 Å². The fourth-order valence-corrected chi connectivity index (χ4v) is 4.60. The molecule has 5 aromatic rings. The predicted molar refractivity (Wildman–Crippen MR) is 141 cm³/mol. The van der Waals surface area contributed by atoms with Crippen molar-refractivity contribution in [3.63, 3.8) is 0 Å². The highest BCUT2D eigenvalue weighted by molar-refractivity contribution is 7.99. The van der Waals surface area contributed by atoms with Crippen molar-refractivity contribution >= 4 is 29.0 Å². The molecule has 0 saturated carbocycles. The average Bonchev–Trinajstić information content (AvgIpc) is 3.60. The summed E-state index contributed by atoms with van der Waals surface area (Å²) < 4.78 is 13.1. The molecular weight excluding hydrogens is 472 g/mol. The molecule has 0 spiro atoms. The summed E-state index contributed by atoms with van der Waals surface area (Å²) in [6.07, 6.45) is 1.60. The van der Waals surface area contributed by atoms with Gasteiger partial charge < -0.3 is 9.15 Å². The molecule has 3 aromatic carbocycles. The van der Waals surface area contributed by atoms with Crippen molar-refractivity contribution in [3.05, 3.63) is 103 Å². The number of amides is 1. The first-order chi connectivity index (χ1) is 17.7. The van der Waals surface area contributed by atoms with Crippen LogP contribution in [-0.2, 0) is 4.79 Å². The fraction of sp³-hybridized carbons (Fsp3) is 0.107. The Morgan fingerprint density at radius 2 is 1.56 bits per heavy atom. The molecule has 0 fully saturated rings. The van der Waals surface area contributed by atoms with Gasteiger partial charge in [0.1, 0.15) is 5.75 Å². The largest absolute Gasteiger partial charge is 0.494 e. The number of hydrogen-bond acceptors (Lipinski definition) is 6. The number of benzene rings is 3. The summed E-state index contributed by atoms with van der Waals surface area (Å²) in [6.45, 7) is 2.54. The summed E-state index contributed by atoms with van der Waals surface area (Å²) >= 11 is 1.33. The number of para-hydroxylation sites is 2. The van der Waals surface area contributed by atoms with Crippen molar-refractivity contribution < 1.29 is 13.9 Å². The number of anilines is 2. The Morgan fingerprint density at radius 3 is 2.14 bits per heavy atom. The second-order valence-electron chi connectivity index (χ2n) is 7.73. The number of carbonyl (C=O) groups is 1. The molecule has 0 aliphatic carbocycles. The average molecular weight is 497 g/mol. The lowest BCUT2D eigenvalue weighted by atomic mass is 10.2. The van der Waals surface area contributed by atoms with Crippen LogP contribution in [0.15, 0.2) is 113 Å². The number of furan rings is 1. The molecule has 0 bridgehead atoms. The SMILES string of the molecule is CCOc1ccc(-n2c(SCC(=O)N(c3ccccc3)c3ccccc3)nnc2-c2ccco2)cc1. The zero-order valence-electron chi connectivity index (χ0n) is 19.7. The molecule has 0 aliphatic heterocycles. The number of carbonyl (C=O) groups excluding carboxylic acids is 1. The summed E-state index contributed by atoms with van der Waals surface area (Å²) in [5.41, 5.74) is 2.45. The number of rotatable bonds is 9. The Kier molecular flexibility index (Phi) is 7.14. The van der Waals surface area contributed by atoms with Gasteiger partial charge in [-0.05, 0) is 67.6 Å². The molecule has 36 heavy (non-hydrogen) atoms. The maximum Gasteiger partial charge on any atom is 0.242 e. The maximum atomic E-state index is 13.5. The second-order valence-corrected chi connectivity index (χ2v) is 8.68. The van der Waals surface area contributed by atoms with Gasteiger partial charge in [-0.1, -0.05) is 48.2 Å². The van der Waals surface area contributed by atoms with Gasteiger partial charge in [0, 0.05) is 11.4 Å². The molecule has 0 radical (unpaired) electrons. The van der Waals surface area contributed by atoms with E-state index in [0.717, 1.165) is 22.8 Å². The normalized spacial score (nSPS) is 10.8. The van der Waals surface area contributed by atoms with Crippen LogP contribution in [-0.4, -0.2) is 33.0 Å². The van der Waals surface area contributed by atoms with Crippen LogP contribution in [0.4, 0.5) is 11.4 Å². The highest BCUT2D eigenvalue weighted by Crippen LogP contribution is 2.31. The van der Waals surface area contributed by atoms with Gasteiger partial charge in [-0.15, -0.1) is 10.2 Å². The standard InChI is InChI=1S/C28H24N4O3S/c1-2-34-24-17-15-23(16-18-24)32-27(25-14-9-19-35-25)29-30-28(32)36-20-26(33)31(21-10-5-3-6-11-21)22-12-7-4-8-13-22/h3-19H,2,20H2,1H3. The molecule has 0 unspecified atom stereocenters. The molecule has 1 amide bonds. The molecule has 0 atom stereocenters. The quantitative estimate of drug-likeness (QED) is 0.220. The zero-order chi connectivity index (χ0) is 24.7. The van der Waals surface area contributed by atoms with Crippen molar-refractivity contribution in [2.75, 3.05) is 17.3 Å². The topological polar surface area (TPSA) is 73.4 Å². The van der Waals surface area contributed by atoms with Gasteiger partial charge >= 0.3 is 0 Å². The van der Waals surface area contributed by atoms with Gasteiger partial charge in [0.2, 0.25) is 11.7 Å². The third-order valence-electron chi connectivity index (χ3n) is 5.38. The van der Waals surface area contributed by atoms with Gasteiger partial charge in [-0.3, -0.25) is 14.3 Å². The predicted octanol–water partition coefficient (Wildman–Crippen LogP) is 6.38.